The van der Waals surface area contributed by atoms with Crippen molar-refractivity contribution < 1.29 is 10.2 Å². The molecular formula is C20H28N2O2. The molecule has 0 aliphatic rings. The van der Waals surface area contributed by atoms with Gasteiger partial charge < -0.3 is 10.2 Å². The van der Waals surface area contributed by atoms with E-state index >= 15 is 0 Å². The zero-order chi connectivity index (χ0) is 17.0. The normalized spacial score (nSPS) is 10.9. The van der Waals surface area contributed by atoms with E-state index in [4.69, 9.17) is 10.2 Å². The fraction of sp³-hybridized carbons (Fsp3) is 0.500. The van der Waals surface area contributed by atoms with Gasteiger partial charge in [-0.1, -0.05) is 12.8 Å². The number of pyridine rings is 2. The second-order valence-corrected chi connectivity index (χ2v) is 6.17. The molecule has 0 unspecified atom stereocenters. The molecule has 4 nitrogen and oxygen atoms in total. The molecule has 130 valence electrons. The molecule has 2 aromatic rings. The Balaban J connectivity index is 1.97. The summed E-state index contributed by atoms with van der Waals surface area (Å²) < 4.78 is 0. The van der Waals surface area contributed by atoms with Crippen LogP contribution in [0.15, 0.2) is 36.7 Å². The molecule has 2 rings (SSSR count). The van der Waals surface area contributed by atoms with Crippen LogP contribution in [0.4, 0.5) is 0 Å². The summed E-state index contributed by atoms with van der Waals surface area (Å²) in [6.07, 6.45) is 11.7. The highest BCUT2D eigenvalue weighted by Gasteiger charge is 2.04. The predicted octanol–water partition coefficient (Wildman–Crippen LogP) is 3.55. The van der Waals surface area contributed by atoms with Crippen LogP contribution in [0.3, 0.4) is 0 Å². The first kappa shape index (κ1) is 18.6. The zero-order valence-electron chi connectivity index (χ0n) is 14.3. The third-order valence-corrected chi connectivity index (χ3v) is 4.16. The second kappa shape index (κ2) is 10.9. The van der Waals surface area contributed by atoms with E-state index < -0.39 is 0 Å². The van der Waals surface area contributed by atoms with Crippen molar-refractivity contribution in [2.45, 2.75) is 51.4 Å². The Morgan fingerprint density at radius 1 is 0.625 bits per heavy atom. The number of aliphatic hydroxyl groups is 2. The minimum absolute atomic E-state index is 0.274. The van der Waals surface area contributed by atoms with Gasteiger partial charge in [-0.15, -0.1) is 0 Å². The first-order valence-electron chi connectivity index (χ1n) is 8.95. The standard InChI is InChI=1S/C20H28N2O2/c23-13-5-1-3-7-17-9-11-21-19(15-17)20-16-18(10-12-22-20)8-4-2-6-14-24/h9-12,15-16,23-24H,1-8,13-14H2. The summed E-state index contributed by atoms with van der Waals surface area (Å²) in [6.45, 7) is 0.549. The van der Waals surface area contributed by atoms with Gasteiger partial charge in [0.15, 0.2) is 0 Å². The molecule has 0 aliphatic heterocycles. The van der Waals surface area contributed by atoms with Gasteiger partial charge >= 0.3 is 0 Å². The van der Waals surface area contributed by atoms with E-state index in [9.17, 15) is 0 Å². The highest BCUT2D eigenvalue weighted by atomic mass is 16.3. The molecule has 0 radical (unpaired) electrons. The van der Waals surface area contributed by atoms with E-state index in [1.54, 1.807) is 0 Å². The lowest BCUT2D eigenvalue weighted by molar-refractivity contribution is 0.283. The molecular weight excluding hydrogens is 300 g/mol. The van der Waals surface area contributed by atoms with E-state index in [0.29, 0.717) is 0 Å². The maximum Gasteiger partial charge on any atom is 0.0888 e. The highest BCUT2D eigenvalue weighted by Crippen LogP contribution is 2.19. The predicted molar refractivity (Wildman–Crippen MR) is 96.7 cm³/mol. The lowest BCUT2D eigenvalue weighted by atomic mass is 10.0. The lowest BCUT2D eigenvalue weighted by Crippen LogP contribution is -1.94. The first-order chi connectivity index (χ1) is 11.8. The number of nitrogens with zero attached hydrogens (tertiary/aromatic N) is 2. The fourth-order valence-electron chi connectivity index (χ4n) is 2.78. The van der Waals surface area contributed by atoms with Gasteiger partial charge in [0.1, 0.15) is 0 Å². The molecule has 0 amide bonds. The number of hydrogen-bond acceptors (Lipinski definition) is 4. The first-order valence-corrected chi connectivity index (χ1v) is 8.95. The van der Waals surface area contributed by atoms with Crippen molar-refractivity contribution in [2.75, 3.05) is 13.2 Å². The molecule has 0 aromatic carbocycles. The molecule has 0 spiro atoms. The quantitative estimate of drug-likeness (QED) is 0.619. The van der Waals surface area contributed by atoms with Crippen LogP contribution in [0.5, 0.6) is 0 Å². The molecule has 2 heterocycles. The van der Waals surface area contributed by atoms with Gasteiger partial charge in [0.25, 0.3) is 0 Å². The lowest BCUT2D eigenvalue weighted by Gasteiger charge is -2.06. The smallest absolute Gasteiger partial charge is 0.0888 e. The zero-order valence-corrected chi connectivity index (χ0v) is 14.3. The largest absolute Gasteiger partial charge is 0.396 e. The van der Waals surface area contributed by atoms with Crippen molar-refractivity contribution in [3.63, 3.8) is 0 Å². The Morgan fingerprint density at radius 2 is 1.08 bits per heavy atom. The van der Waals surface area contributed by atoms with Crippen LogP contribution in [0.25, 0.3) is 11.4 Å². The van der Waals surface area contributed by atoms with E-state index in [0.717, 1.165) is 62.8 Å². The summed E-state index contributed by atoms with van der Waals surface area (Å²) in [5.41, 5.74) is 4.39. The van der Waals surface area contributed by atoms with Gasteiger partial charge in [0.05, 0.1) is 11.4 Å². The Labute approximate surface area is 144 Å². The maximum absolute atomic E-state index is 8.84. The number of hydrogen-bond donors (Lipinski definition) is 2. The van der Waals surface area contributed by atoms with Gasteiger partial charge in [-0.05, 0) is 73.9 Å². The summed E-state index contributed by atoms with van der Waals surface area (Å²) in [4.78, 5) is 8.94. The van der Waals surface area contributed by atoms with Crippen LogP contribution in [-0.2, 0) is 12.8 Å². The molecule has 0 aliphatic carbocycles. The summed E-state index contributed by atoms with van der Waals surface area (Å²) in [7, 11) is 0. The Bertz CT molecular complexity index is 548. The molecule has 0 fully saturated rings. The summed E-state index contributed by atoms with van der Waals surface area (Å²) in [5, 5.41) is 17.7. The molecule has 2 aromatic heterocycles. The topological polar surface area (TPSA) is 66.2 Å². The monoisotopic (exact) mass is 328 g/mol. The summed E-state index contributed by atoms with van der Waals surface area (Å²) >= 11 is 0. The van der Waals surface area contributed by atoms with E-state index in [-0.39, 0.29) is 13.2 Å². The van der Waals surface area contributed by atoms with Crippen LogP contribution in [-0.4, -0.2) is 33.4 Å². The SMILES string of the molecule is OCCCCCc1ccnc(-c2cc(CCCCCO)ccn2)c1. The molecule has 0 saturated heterocycles. The number of unbranched alkanes of at least 4 members (excludes halogenated alkanes) is 4. The van der Waals surface area contributed by atoms with Crippen molar-refractivity contribution in [3.05, 3.63) is 47.8 Å². The average molecular weight is 328 g/mol. The summed E-state index contributed by atoms with van der Waals surface area (Å²) in [6, 6.07) is 8.36. The Kier molecular flexibility index (Phi) is 8.42. The number of rotatable bonds is 11. The van der Waals surface area contributed by atoms with Gasteiger partial charge in [0, 0.05) is 25.6 Å². The van der Waals surface area contributed by atoms with Crippen molar-refractivity contribution in [2.24, 2.45) is 0 Å². The van der Waals surface area contributed by atoms with Crippen molar-refractivity contribution in [3.8, 4) is 11.4 Å². The van der Waals surface area contributed by atoms with Crippen LogP contribution in [0.1, 0.15) is 49.7 Å². The van der Waals surface area contributed by atoms with Gasteiger partial charge in [0.2, 0.25) is 0 Å². The van der Waals surface area contributed by atoms with Crippen molar-refractivity contribution in [1.29, 1.82) is 0 Å². The van der Waals surface area contributed by atoms with Crippen LogP contribution < -0.4 is 0 Å². The number of aromatic nitrogens is 2. The molecule has 2 N–H and O–H groups in total. The van der Waals surface area contributed by atoms with E-state index in [1.807, 2.05) is 12.4 Å². The molecule has 0 bridgehead atoms. The molecule has 0 saturated carbocycles. The second-order valence-electron chi connectivity index (χ2n) is 6.17. The molecule has 0 atom stereocenters. The van der Waals surface area contributed by atoms with E-state index in [1.165, 1.54) is 11.1 Å². The van der Waals surface area contributed by atoms with Crippen molar-refractivity contribution >= 4 is 0 Å². The van der Waals surface area contributed by atoms with Gasteiger partial charge in [-0.25, -0.2) is 0 Å². The summed E-state index contributed by atoms with van der Waals surface area (Å²) in [5.74, 6) is 0. The number of aryl methyl sites for hydroxylation is 2. The average Bonchev–Trinajstić information content (AvgIpc) is 2.63. The minimum Gasteiger partial charge on any atom is -0.396 e. The third-order valence-electron chi connectivity index (χ3n) is 4.16. The van der Waals surface area contributed by atoms with Gasteiger partial charge in [-0.3, -0.25) is 9.97 Å². The molecule has 24 heavy (non-hydrogen) atoms. The Morgan fingerprint density at radius 3 is 1.50 bits per heavy atom. The Hall–Kier alpha value is -1.78. The maximum atomic E-state index is 8.84. The molecule has 4 heteroatoms. The highest BCUT2D eigenvalue weighted by molar-refractivity contribution is 5.55. The third kappa shape index (κ3) is 6.38. The van der Waals surface area contributed by atoms with E-state index in [2.05, 4.69) is 34.2 Å². The van der Waals surface area contributed by atoms with Crippen molar-refractivity contribution in [1.82, 2.24) is 9.97 Å². The minimum atomic E-state index is 0.274. The van der Waals surface area contributed by atoms with Crippen LogP contribution in [0, 0.1) is 0 Å². The fourth-order valence-corrected chi connectivity index (χ4v) is 2.78. The van der Waals surface area contributed by atoms with Crippen LogP contribution in [0.2, 0.25) is 0 Å². The number of aliphatic hydroxyl groups excluding tert-OH is 2. The van der Waals surface area contributed by atoms with Gasteiger partial charge in [-0.2, -0.15) is 0 Å². The van der Waals surface area contributed by atoms with Crippen LogP contribution >= 0.6 is 0 Å².